The molecule has 144 valence electrons. The van der Waals surface area contributed by atoms with Gasteiger partial charge in [-0.3, -0.25) is 14.8 Å². The van der Waals surface area contributed by atoms with E-state index in [0.717, 1.165) is 5.56 Å². The summed E-state index contributed by atoms with van der Waals surface area (Å²) in [6.45, 7) is -0.151. The molecule has 0 aliphatic heterocycles. The van der Waals surface area contributed by atoms with Crippen LogP contribution in [0.1, 0.15) is 28.9 Å². The van der Waals surface area contributed by atoms with Gasteiger partial charge in [0.2, 0.25) is 0 Å². The minimum Gasteiger partial charge on any atom is -0.508 e. The SMILES string of the molecule is C.NC[C@H](NC(=O)c1ccc(C#CC#Cc2ccc(O)cc2)cc1)C(=O)NO. The molecule has 7 nitrogen and oxygen atoms in total. The van der Waals surface area contributed by atoms with Gasteiger partial charge >= 0.3 is 0 Å². The van der Waals surface area contributed by atoms with Crippen LogP contribution in [0.2, 0.25) is 0 Å². The summed E-state index contributed by atoms with van der Waals surface area (Å²) in [7, 11) is 0. The van der Waals surface area contributed by atoms with Crippen LogP contribution in [-0.2, 0) is 4.79 Å². The lowest BCUT2D eigenvalue weighted by molar-refractivity contribution is -0.130. The number of aromatic hydroxyl groups is 1. The molecule has 28 heavy (non-hydrogen) atoms. The normalized spacial score (nSPS) is 10.1. The van der Waals surface area contributed by atoms with Gasteiger partial charge in [0.1, 0.15) is 11.8 Å². The first kappa shape index (κ1) is 22.3. The van der Waals surface area contributed by atoms with E-state index in [0.29, 0.717) is 11.1 Å². The van der Waals surface area contributed by atoms with Crippen molar-refractivity contribution in [2.45, 2.75) is 13.5 Å². The fraction of sp³-hybridized carbons (Fsp3) is 0.143. The first-order chi connectivity index (χ1) is 13.0. The van der Waals surface area contributed by atoms with Crippen molar-refractivity contribution in [2.75, 3.05) is 6.54 Å². The summed E-state index contributed by atoms with van der Waals surface area (Å²) >= 11 is 0. The summed E-state index contributed by atoms with van der Waals surface area (Å²) in [5.74, 6) is 9.99. The molecule has 0 saturated carbocycles. The number of phenolic OH excluding ortho intramolecular Hbond substituents is 1. The number of phenols is 1. The van der Waals surface area contributed by atoms with Gasteiger partial charge in [0, 0.05) is 23.2 Å². The summed E-state index contributed by atoms with van der Waals surface area (Å²) in [6, 6.07) is 11.8. The predicted molar refractivity (Wildman–Crippen MR) is 105 cm³/mol. The maximum absolute atomic E-state index is 12.1. The highest BCUT2D eigenvalue weighted by Crippen LogP contribution is 2.08. The van der Waals surface area contributed by atoms with Crippen molar-refractivity contribution in [1.29, 1.82) is 0 Å². The van der Waals surface area contributed by atoms with Gasteiger partial charge in [-0.2, -0.15) is 0 Å². The van der Waals surface area contributed by atoms with E-state index in [1.807, 2.05) is 0 Å². The third-order valence-electron chi connectivity index (χ3n) is 3.46. The van der Waals surface area contributed by atoms with Gasteiger partial charge in [-0.15, -0.1) is 0 Å². The maximum atomic E-state index is 12.1. The van der Waals surface area contributed by atoms with Crippen LogP contribution in [0.4, 0.5) is 0 Å². The zero-order chi connectivity index (χ0) is 19.6. The maximum Gasteiger partial charge on any atom is 0.267 e. The second kappa shape index (κ2) is 11.0. The minimum absolute atomic E-state index is 0. The molecule has 0 spiro atoms. The molecule has 2 aromatic carbocycles. The van der Waals surface area contributed by atoms with E-state index in [2.05, 4.69) is 29.0 Å². The molecule has 1 atom stereocenters. The lowest BCUT2D eigenvalue weighted by Gasteiger charge is -2.14. The quantitative estimate of drug-likeness (QED) is 0.308. The van der Waals surface area contributed by atoms with Crippen molar-refractivity contribution in [1.82, 2.24) is 10.8 Å². The molecule has 2 amide bonds. The number of hydroxylamine groups is 1. The molecule has 0 aromatic heterocycles. The Morgan fingerprint density at radius 3 is 1.93 bits per heavy atom. The van der Waals surface area contributed by atoms with E-state index in [9.17, 15) is 14.7 Å². The predicted octanol–water partition coefficient (Wildman–Crippen LogP) is 0.994. The molecule has 6 N–H and O–H groups in total. The largest absolute Gasteiger partial charge is 0.508 e. The third-order valence-corrected chi connectivity index (χ3v) is 3.46. The van der Waals surface area contributed by atoms with Crippen LogP contribution in [0, 0.1) is 23.7 Å². The van der Waals surface area contributed by atoms with Crippen LogP contribution in [0.25, 0.3) is 0 Å². The molecule has 0 bridgehead atoms. The fourth-order valence-electron chi connectivity index (χ4n) is 2.01. The Morgan fingerprint density at radius 2 is 1.46 bits per heavy atom. The number of benzene rings is 2. The number of nitrogens with two attached hydrogens (primary N) is 1. The number of carbonyl (C=O) groups is 2. The molecule has 2 rings (SSSR count). The third kappa shape index (κ3) is 6.50. The number of nitrogens with one attached hydrogen (secondary N) is 2. The van der Waals surface area contributed by atoms with Gasteiger partial charge < -0.3 is 16.2 Å². The van der Waals surface area contributed by atoms with Crippen LogP contribution in [0.3, 0.4) is 0 Å². The van der Waals surface area contributed by atoms with Crippen molar-refractivity contribution in [2.24, 2.45) is 5.73 Å². The second-order valence-corrected chi connectivity index (χ2v) is 5.36. The molecule has 7 heteroatoms. The number of carbonyl (C=O) groups excluding carboxylic acids is 2. The van der Waals surface area contributed by atoms with Gasteiger partial charge in [-0.05, 0) is 60.4 Å². The van der Waals surface area contributed by atoms with Crippen molar-refractivity contribution in [3.63, 3.8) is 0 Å². The Labute approximate surface area is 163 Å². The number of hydrogen-bond acceptors (Lipinski definition) is 5. The zero-order valence-electron chi connectivity index (χ0n) is 14.2. The van der Waals surface area contributed by atoms with E-state index < -0.39 is 17.9 Å². The summed E-state index contributed by atoms with van der Waals surface area (Å²) in [5.41, 5.74) is 8.55. The zero-order valence-corrected chi connectivity index (χ0v) is 14.2. The van der Waals surface area contributed by atoms with Gasteiger partial charge in [0.15, 0.2) is 0 Å². The molecule has 0 unspecified atom stereocenters. The molecule has 0 radical (unpaired) electrons. The van der Waals surface area contributed by atoms with Gasteiger partial charge in [-0.25, -0.2) is 5.48 Å². The highest BCUT2D eigenvalue weighted by molar-refractivity contribution is 5.97. The highest BCUT2D eigenvalue weighted by Gasteiger charge is 2.19. The summed E-state index contributed by atoms with van der Waals surface area (Å²) in [6.07, 6.45) is 0. The average molecular weight is 379 g/mol. The van der Waals surface area contributed by atoms with Crippen molar-refractivity contribution in [3.8, 4) is 29.4 Å². The van der Waals surface area contributed by atoms with E-state index >= 15 is 0 Å². The molecule has 0 aliphatic carbocycles. The summed E-state index contributed by atoms with van der Waals surface area (Å²) in [4.78, 5) is 23.4. The van der Waals surface area contributed by atoms with Crippen LogP contribution in [0.15, 0.2) is 48.5 Å². The number of rotatable bonds is 4. The minimum atomic E-state index is -1.03. The standard InChI is InChI=1S/C20H17N3O4.CH4/c21-13-18(20(26)23-27)22-19(25)16-9-5-14(6-10-16)3-1-2-4-15-7-11-17(24)12-8-15;/h5-12,18,24,27H,13,21H2,(H,22,25)(H,23,26);1H4/t18-;/m0./s1. The van der Waals surface area contributed by atoms with E-state index in [1.165, 1.54) is 5.48 Å². The molecular weight excluding hydrogens is 358 g/mol. The number of amides is 2. The smallest absolute Gasteiger partial charge is 0.267 e. The summed E-state index contributed by atoms with van der Waals surface area (Å²) in [5, 5.41) is 20.2. The van der Waals surface area contributed by atoms with E-state index in [-0.39, 0.29) is 19.7 Å². The van der Waals surface area contributed by atoms with Gasteiger partial charge in [-0.1, -0.05) is 19.3 Å². The van der Waals surface area contributed by atoms with Crippen molar-refractivity contribution in [3.05, 3.63) is 65.2 Å². The van der Waals surface area contributed by atoms with Crippen LogP contribution >= 0.6 is 0 Å². The molecule has 0 heterocycles. The Bertz CT molecular complexity index is 930. The van der Waals surface area contributed by atoms with Crippen LogP contribution < -0.4 is 16.5 Å². The van der Waals surface area contributed by atoms with Crippen LogP contribution in [-0.4, -0.2) is 34.7 Å². The van der Waals surface area contributed by atoms with E-state index in [4.69, 9.17) is 10.9 Å². The Balaban J connectivity index is 0.00000392. The molecular formula is C21H21N3O4. The van der Waals surface area contributed by atoms with Crippen LogP contribution in [0.5, 0.6) is 5.75 Å². The molecule has 0 aliphatic rings. The van der Waals surface area contributed by atoms with Gasteiger partial charge in [0.25, 0.3) is 11.8 Å². The lowest BCUT2D eigenvalue weighted by atomic mass is 10.1. The lowest BCUT2D eigenvalue weighted by Crippen LogP contribution is -2.50. The van der Waals surface area contributed by atoms with E-state index in [1.54, 1.807) is 48.5 Å². The van der Waals surface area contributed by atoms with Crippen molar-refractivity contribution >= 4 is 11.8 Å². The first-order valence-electron chi connectivity index (χ1n) is 7.89. The average Bonchev–Trinajstić information content (AvgIpc) is 2.70. The number of hydrogen-bond donors (Lipinski definition) is 5. The highest BCUT2D eigenvalue weighted by atomic mass is 16.5. The first-order valence-corrected chi connectivity index (χ1v) is 7.89. The topological polar surface area (TPSA) is 125 Å². The molecule has 0 saturated heterocycles. The molecule has 2 aromatic rings. The Morgan fingerprint density at radius 1 is 0.964 bits per heavy atom. The monoisotopic (exact) mass is 379 g/mol. The Kier molecular flexibility index (Phi) is 8.78. The molecule has 0 fully saturated rings. The fourth-order valence-corrected chi connectivity index (χ4v) is 2.01. The second-order valence-electron chi connectivity index (χ2n) is 5.36. The Hall–Kier alpha value is -3.78. The summed E-state index contributed by atoms with van der Waals surface area (Å²) < 4.78 is 0. The van der Waals surface area contributed by atoms with Gasteiger partial charge in [0.05, 0.1) is 0 Å². The van der Waals surface area contributed by atoms with Crippen molar-refractivity contribution < 1.29 is 19.9 Å².